The molecule has 0 unspecified atom stereocenters. The molecule has 0 radical (unpaired) electrons. The van der Waals surface area contributed by atoms with Crippen LogP contribution in [0.25, 0.3) is 0 Å². The number of carbonyl (C=O) groups excluding carboxylic acids is 1. The summed E-state index contributed by atoms with van der Waals surface area (Å²) in [4.78, 5) is 16.5. The first-order valence-corrected chi connectivity index (χ1v) is 7.94. The van der Waals surface area contributed by atoms with Gasteiger partial charge in [-0.15, -0.1) is 0 Å². The molecule has 2 rings (SSSR count). The first kappa shape index (κ1) is 17.6. The molecule has 2 heterocycles. The molecule has 0 saturated carbocycles. The lowest BCUT2D eigenvalue weighted by Gasteiger charge is -2.34. The van der Waals surface area contributed by atoms with Gasteiger partial charge in [-0.3, -0.25) is 9.78 Å². The van der Waals surface area contributed by atoms with E-state index in [1.54, 1.807) is 0 Å². The van der Waals surface area contributed by atoms with E-state index < -0.39 is 34.5 Å². The van der Waals surface area contributed by atoms with Crippen LogP contribution in [0.3, 0.4) is 0 Å². The van der Waals surface area contributed by atoms with Crippen molar-refractivity contribution < 1.29 is 26.4 Å². The number of hydrogen-bond acceptors (Lipinski definition) is 4. The molecule has 0 spiro atoms. The van der Waals surface area contributed by atoms with Crippen molar-refractivity contribution in [3.05, 3.63) is 24.0 Å². The van der Waals surface area contributed by atoms with Crippen molar-refractivity contribution >= 4 is 21.8 Å². The second-order valence-corrected chi connectivity index (χ2v) is 7.21. The Morgan fingerprint density at radius 3 is 2.43 bits per heavy atom. The van der Waals surface area contributed by atoms with E-state index in [1.165, 1.54) is 20.2 Å². The van der Waals surface area contributed by atoms with Gasteiger partial charge in [0.1, 0.15) is 5.69 Å². The Morgan fingerprint density at radius 2 is 1.91 bits per heavy atom. The molecule has 1 amide bonds. The predicted molar refractivity (Wildman–Crippen MR) is 75.8 cm³/mol. The van der Waals surface area contributed by atoms with Crippen molar-refractivity contribution in [3.63, 3.8) is 0 Å². The summed E-state index contributed by atoms with van der Waals surface area (Å²) in [5.74, 6) is -0.596. The highest BCUT2D eigenvalue weighted by atomic mass is 32.2. The summed E-state index contributed by atoms with van der Waals surface area (Å²) in [6, 6.07) is 2.05. The number of aromatic nitrogens is 1. The minimum Gasteiger partial charge on any atom is -0.310 e. The smallest absolute Gasteiger partial charge is 0.310 e. The number of rotatable bonds is 3. The molecule has 0 aliphatic carbocycles. The number of hydrogen-bond donors (Lipinski definition) is 0. The van der Waals surface area contributed by atoms with Gasteiger partial charge in [0.05, 0.1) is 6.54 Å². The average Bonchev–Trinajstić information content (AvgIpc) is 2.46. The number of halogens is 3. The highest BCUT2D eigenvalue weighted by Crippen LogP contribution is 2.30. The Balaban J connectivity index is 2.21. The fourth-order valence-electron chi connectivity index (χ4n) is 2.09. The molecular formula is C12H15F3N4O3S. The van der Waals surface area contributed by atoms with Crippen LogP contribution in [-0.4, -0.2) is 61.6 Å². The summed E-state index contributed by atoms with van der Waals surface area (Å²) in [6.45, 7) is -0.465. The first-order chi connectivity index (χ1) is 10.5. The topological polar surface area (TPSA) is 73.8 Å². The third-order valence-corrected chi connectivity index (χ3v) is 5.21. The van der Waals surface area contributed by atoms with Gasteiger partial charge in [0.15, 0.2) is 0 Å². The lowest BCUT2D eigenvalue weighted by Crippen LogP contribution is -2.54. The Morgan fingerprint density at radius 1 is 1.26 bits per heavy atom. The average molecular weight is 352 g/mol. The molecule has 128 valence electrons. The molecule has 0 aromatic carbocycles. The Kier molecular flexibility index (Phi) is 4.64. The van der Waals surface area contributed by atoms with Crippen LogP contribution < -0.4 is 4.90 Å². The van der Waals surface area contributed by atoms with Gasteiger partial charge >= 0.3 is 6.18 Å². The Bertz CT molecular complexity index is 706. The van der Waals surface area contributed by atoms with E-state index in [1.807, 2.05) is 0 Å². The summed E-state index contributed by atoms with van der Waals surface area (Å²) in [5.41, 5.74) is -1.06. The maximum Gasteiger partial charge on any atom is 0.433 e. The van der Waals surface area contributed by atoms with Gasteiger partial charge in [0, 0.05) is 39.1 Å². The van der Waals surface area contributed by atoms with Gasteiger partial charge in [0.25, 0.3) is 10.2 Å². The van der Waals surface area contributed by atoms with Crippen LogP contribution in [-0.2, 0) is 21.2 Å². The van der Waals surface area contributed by atoms with Gasteiger partial charge in [-0.05, 0) is 12.1 Å². The van der Waals surface area contributed by atoms with Crippen molar-refractivity contribution in [3.8, 4) is 0 Å². The van der Waals surface area contributed by atoms with Crippen LogP contribution in [0, 0.1) is 0 Å². The van der Waals surface area contributed by atoms with Gasteiger partial charge in [-0.25, -0.2) is 0 Å². The number of piperazine rings is 1. The van der Waals surface area contributed by atoms with Crippen LogP contribution in [0.5, 0.6) is 0 Å². The summed E-state index contributed by atoms with van der Waals surface area (Å²) in [6.07, 6.45) is -3.65. The molecule has 0 bridgehead atoms. The largest absolute Gasteiger partial charge is 0.433 e. The molecule has 1 fully saturated rings. The van der Waals surface area contributed by atoms with Crippen LogP contribution >= 0.6 is 0 Å². The molecule has 7 nitrogen and oxygen atoms in total. The number of pyridine rings is 1. The lowest BCUT2D eigenvalue weighted by atomic mass is 10.2. The summed E-state index contributed by atoms with van der Waals surface area (Å²) in [5, 5.41) is 0. The monoisotopic (exact) mass is 352 g/mol. The number of carbonyl (C=O) groups is 1. The zero-order chi connectivity index (χ0) is 17.4. The van der Waals surface area contributed by atoms with Crippen molar-refractivity contribution in [2.75, 3.05) is 38.6 Å². The standard InChI is InChI=1S/C12H15F3N4O3S/c1-17(2)23(21,22)18-5-6-19(11(20)8-18)9-3-4-16-10(7-9)12(13,14)15/h3-4,7H,5-6,8H2,1-2H3. The molecule has 1 saturated heterocycles. The fraction of sp³-hybridized carbons (Fsp3) is 0.500. The third kappa shape index (κ3) is 3.62. The maximum absolute atomic E-state index is 12.7. The zero-order valence-corrected chi connectivity index (χ0v) is 13.2. The molecule has 1 aliphatic heterocycles. The summed E-state index contributed by atoms with van der Waals surface area (Å²) < 4.78 is 64.0. The highest BCUT2D eigenvalue weighted by Gasteiger charge is 2.36. The van der Waals surface area contributed by atoms with E-state index >= 15 is 0 Å². The second kappa shape index (κ2) is 6.06. The molecule has 23 heavy (non-hydrogen) atoms. The number of amides is 1. The van der Waals surface area contributed by atoms with Crippen molar-refractivity contribution in [1.82, 2.24) is 13.6 Å². The van der Waals surface area contributed by atoms with Gasteiger partial charge in [0.2, 0.25) is 5.91 Å². The Hall–Kier alpha value is -1.72. The molecule has 0 N–H and O–H groups in total. The zero-order valence-electron chi connectivity index (χ0n) is 12.4. The molecule has 0 atom stereocenters. The molecule has 1 aromatic rings. The maximum atomic E-state index is 12.7. The van der Waals surface area contributed by atoms with Gasteiger partial charge in [-0.2, -0.15) is 30.2 Å². The third-order valence-electron chi connectivity index (χ3n) is 3.32. The summed E-state index contributed by atoms with van der Waals surface area (Å²) >= 11 is 0. The molecule has 11 heteroatoms. The molecular weight excluding hydrogens is 337 g/mol. The van der Waals surface area contributed by atoms with Crippen LogP contribution in [0.4, 0.5) is 18.9 Å². The van der Waals surface area contributed by atoms with Gasteiger partial charge in [-0.1, -0.05) is 0 Å². The van der Waals surface area contributed by atoms with E-state index in [4.69, 9.17) is 0 Å². The molecule has 1 aliphatic rings. The SMILES string of the molecule is CN(C)S(=O)(=O)N1CCN(c2ccnc(C(F)(F)F)c2)C(=O)C1. The normalized spacial score (nSPS) is 17.8. The quantitative estimate of drug-likeness (QED) is 0.797. The van der Waals surface area contributed by atoms with Crippen LogP contribution in [0.15, 0.2) is 18.3 Å². The minimum atomic E-state index is -4.62. The number of nitrogens with zero attached hydrogens (tertiary/aromatic N) is 4. The lowest BCUT2D eigenvalue weighted by molar-refractivity contribution is -0.141. The van der Waals surface area contributed by atoms with Crippen molar-refractivity contribution in [1.29, 1.82) is 0 Å². The minimum absolute atomic E-state index is 0.00404. The van der Waals surface area contributed by atoms with Crippen molar-refractivity contribution in [2.45, 2.75) is 6.18 Å². The second-order valence-electron chi connectivity index (χ2n) is 5.07. The van der Waals surface area contributed by atoms with Crippen LogP contribution in [0.2, 0.25) is 0 Å². The first-order valence-electron chi connectivity index (χ1n) is 6.54. The fourth-order valence-corrected chi connectivity index (χ4v) is 3.14. The highest BCUT2D eigenvalue weighted by molar-refractivity contribution is 7.86. The summed E-state index contributed by atoms with van der Waals surface area (Å²) in [7, 11) is -1.07. The van der Waals surface area contributed by atoms with Crippen LogP contribution in [0.1, 0.15) is 5.69 Å². The van der Waals surface area contributed by atoms with E-state index in [0.717, 1.165) is 25.8 Å². The Labute approximate surface area is 131 Å². The van der Waals surface area contributed by atoms with E-state index in [-0.39, 0.29) is 18.8 Å². The van der Waals surface area contributed by atoms with Gasteiger partial charge < -0.3 is 4.90 Å². The van der Waals surface area contributed by atoms with E-state index in [0.29, 0.717) is 0 Å². The number of alkyl halides is 3. The van der Waals surface area contributed by atoms with E-state index in [2.05, 4.69) is 4.98 Å². The predicted octanol–water partition coefficient (Wildman–Crippen LogP) is 0.555. The van der Waals surface area contributed by atoms with E-state index in [9.17, 15) is 26.4 Å². The van der Waals surface area contributed by atoms with Crippen molar-refractivity contribution in [2.24, 2.45) is 0 Å². The number of anilines is 1. The molecule has 1 aromatic heterocycles.